The van der Waals surface area contributed by atoms with Crippen LogP contribution in [0.1, 0.15) is 46.5 Å². The van der Waals surface area contributed by atoms with Crippen LogP contribution in [0.3, 0.4) is 0 Å². The zero-order chi connectivity index (χ0) is 13.4. The lowest BCUT2D eigenvalue weighted by molar-refractivity contribution is -0.127. The van der Waals surface area contributed by atoms with Gasteiger partial charge in [-0.05, 0) is 45.1 Å². The van der Waals surface area contributed by atoms with E-state index in [1.54, 1.807) is 0 Å². The zero-order valence-corrected chi connectivity index (χ0v) is 12.1. The molecule has 0 saturated carbocycles. The van der Waals surface area contributed by atoms with Crippen molar-refractivity contribution < 1.29 is 9.53 Å². The molecule has 1 rings (SSSR count). The summed E-state index contributed by atoms with van der Waals surface area (Å²) in [5.41, 5.74) is -0.364. The number of carbonyl (C=O) groups is 1. The van der Waals surface area contributed by atoms with Gasteiger partial charge in [-0.25, -0.2) is 0 Å². The van der Waals surface area contributed by atoms with Crippen LogP contribution in [0.4, 0.5) is 0 Å². The fraction of sp³-hybridized carbons (Fsp3) is 0.929. The second kappa shape index (κ2) is 7.74. The first-order valence-corrected chi connectivity index (χ1v) is 7.16. The molecule has 1 fully saturated rings. The fourth-order valence-electron chi connectivity index (χ4n) is 2.14. The smallest absolute Gasteiger partial charge is 0.240 e. The second-order valence-corrected chi connectivity index (χ2v) is 5.79. The Kier molecular flexibility index (Phi) is 6.65. The molecule has 4 nitrogen and oxygen atoms in total. The standard InChI is InChI=1S/C14H28N2O2/c1-12(2)11-18-10-6-8-15-13(17)14(3)7-4-5-9-16-14/h12,16H,4-11H2,1-3H3,(H,15,17). The number of piperidine rings is 1. The summed E-state index contributed by atoms with van der Waals surface area (Å²) < 4.78 is 5.48. The van der Waals surface area contributed by atoms with E-state index in [9.17, 15) is 4.79 Å². The molecule has 0 spiro atoms. The summed E-state index contributed by atoms with van der Waals surface area (Å²) in [5, 5.41) is 6.32. The first kappa shape index (κ1) is 15.4. The maximum absolute atomic E-state index is 12.0. The highest BCUT2D eigenvalue weighted by atomic mass is 16.5. The van der Waals surface area contributed by atoms with Crippen LogP contribution >= 0.6 is 0 Å². The van der Waals surface area contributed by atoms with Gasteiger partial charge in [-0.15, -0.1) is 0 Å². The van der Waals surface area contributed by atoms with Crippen molar-refractivity contribution in [1.29, 1.82) is 0 Å². The van der Waals surface area contributed by atoms with E-state index in [1.807, 2.05) is 6.92 Å². The van der Waals surface area contributed by atoms with Crippen molar-refractivity contribution >= 4 is 5.91 Å². The molecule has 106 valence electrons. The molecule has 0 aromatic heterocycles. The van der Waals surface area contributed by atoms with Crippen molar-refractivity contribution in [3.8, 4) is 0 Å². The van der Waals surface area contributed by atoms with E-state index >= 15 is 0 Å². The van der Waals surface area contributed by atoms with E-state index in [1.165, 1.54) is 6.42 Å². The summed E-state index contributed by atoms with van der Waals surface area (Å²) in [5.74, 6) is 0.705. The van der Waals surface area contributed by atoms with Crippen LogP contribution in [-0.2, 0) is 9.53 Å². The second-order valence-electron chi connectivity index (χ2n) is 5.79. The largest absolute Gasteiger partial charge is 0.381 e. The van der Waals surface area contributed by atoms with Crippen molar-refractivity contribution in [2.75, 3.05) is 26.3 Å². The van der Waals surface area contributed by atoms with Crippen LogP contribution in [0.5, 0.6) is 0 Å². The van der Waals surface area contributed by atoms with Crippen molar-refractivity contribution in [2.24, 2.45) is 5.92 Å². The Morgan fingerprint density at radius 2 is 2.22 bits per heavy atom. The summed E-state index contributed by atoms with van der Waals surface area (Å²) in [7, 11) is 0. The number of ether oxygens (including phenoxy) is 1. The van der Waals surface area contributed by atoms with Gasteiger partial charge in [0.2, 0.25) is 5.91 Å². The molecule has 0 aromatic carbocycles. The van der Waals surface area contributed by atoms with E-state index in [0.717, 1.165) is 39.0 Å². The molecule has 1 aliphatic heterocycles. The molecule has 2 N–H and O–H groups in total. The van der Waals surface area contributed by atoms with Gasteiger partial charge in [-0.1, -0.05) is 13.8 Å². The van der Waals surface area contributed by atoms with Crippen LogP contribution in [0.15, 0.2) is 0 Å². The van der Waals surface area contributed by atoms with Crippen molar-refractivity contribution in [3.63, 3.8) is 0 Å². The van der Waals surface area contributed by atoms with Gasteiger partial charge >= 0.3 is 0 Å². The van der Waals surface area contributed by atoms with Crippen molar-refractivity contribution in [3.05, 3.63) is 0 Å². The molecule has 1 heterocycles. The highest BCUT2D eigenvalue weighted by molar-refractivity contribution is 5.85. The topological polar surface area (TPSA) is 50.4 Å². The highest BCUT2D eigenvalue weighted by Crippen LogP contribution is 2.18. The molecule has 0 aliphatic carbocycles. The minimum atomic E-state index is -0.364. The number of carbonyl (C=O) groups excluding carboxylic acids is 1. The van der Waals surface area contributed by atoms with Crippen molar-refractivity contribution in [2.45, 2.75) is 52.0 Å². The van der Waals surface area contributed by atoms with Gasteiger partial charge in [0.1, 0.15) is 0 Å². The van der Waals surface area contributed by atoms with Gasteiger partial charge in [0.15, 0.2) is 0 Å². The lowest BCUT2D eigenvalue weighted by atomic mass is 9.90. The highest BCUT2D eigenvalue weighted by Gasteiger charge is 2.33. The van der Waals surface area contributed by atoms with Crippen LogP contribution in [-0.4, -0.2) is 37.7 Å². The maximum atomic E-state index is 12.0. The molecule has 0 bridgehead atoms. The molecule has 18 heavy (non-hydrogen) atoms. The lowest BCUT2D eigenvalue weighted by Gasteiger charge is -2.33. The third kappa shape index (κ3) is 5.36. The maximum Gasteiger partial charge on any atom is 0.240 e. The zero-order valence-electron chi connectivity index (χ0n) is 12.1. The predicted octanol–water partition coefficient (Wildman–Crippen LogP) is 1.70. The Hall–Kier alpha value is -0.610. The Balaban J connectivity index is 2.09. The number of amides is 1. The minimum Gasteiger partial charge on any atom is -0.381 e. The molecule has 1 unspecified atom stereocenters. The van der Waals surface area contributed by atoms with Crippen LogP contribution in [0, 0.1) is 5.92 Å². The minimum absolute atomic E-state index is 0.131. The summed E-state index contributed by atoms with van der Waals surface area (Å²) in [4.78, 5) is 12.0. The van der Waals surface area contributed by atoms with Crippen molar-refractivity contribution in [1.82, 2.24) is 10.6 Å². The van der Waals surface area contributed by atoms with E-state index in [4.69, 9.17) is 4.74 Å². The van der Waals surface area contributed by atoms with E-state index in [2.05, 4.69) is 24.5 Å². The summed E-state index contributed by atoms with van der Waals surface area (Å²) in [6.45, 7) is 9.44. The van der Waals surface area contributed by atoms with Gasteiger partial charge in [-0.2, -0.15) is 0 Å². The molecular weight excluding hydrogens is 228 g/mol. The molecule has 4 heteroatoms. The van der Waals surface area contributed by atoms with Crippen LogP contribution < -0.4 is 10.6 Å². The first-order chi connectivity index (χ1) is 8.54. The van der Waals surface area contributed by atoms with Gasteiger partial charge in [0, 0.05) is 19.8 Å². The quantitative estimate of drug-likeness (QED) is 0.682. The number of hydrogen-bond donors (Lipinski definition) is 2. The predicted molar refractivity (Wildman–Crippen MR) is 73.5 cm³/mol. The molecule has 1 amide bonds. The molecule has 1 saturated heterocycles. The Bertz CT molecular complexity index is 248. The van der Waals surface area contributed by atoms with E-state index in [-0.39, 0.29) is 11.4 Å². The summed E-state index contributed by atoms with van der Waals surface area (Å²) in [6, 6.07) is 0. The van der Waals surface area contributed by atoms with Gasteiger partial charge < -0.3 is 15.4 Å². The normalized spacial score (nSPS) is 24.2. The monoisotopic (exact) mass is 256 g/mol. The number of nitrogens with one attached hydrogen (secondary N) is 2. The molecule has 0 radical (unpaired) electrons. The Morgan fingerprint density at radius 3 is 2.83 bits per heavy atom. The molecule has 1 atom stereocenters. The average molecular weight is 256 g/mol. The van der Waals surface area contributed by atoms with Gasteiger partial charge in [0.25, 0.3) is 0 Å². The number of hydrogen-bond acceptors (Lipinski definition) is 3. The summed E-state index contributed by atoms with van der Waals surface area (Å²) >= 11 is 0. The molecule has 0 aromatic rings. The van der Waals surface area contributed by atoms with E-state index < -0.39 is 0 Å². The van der Waals surface area contributed by atoms with E-state index in [0.29, 0.717) is 12.5 Å². The van der Waals surface area contributed by atoms with Gasteiger partial charge in [0.05, 0.1) is 5.54 Å². The lowest BCUT2D eigenvalue weighted by Crippen LogP contribution is -2.57. The molecule has 1 aliphatic rings. The Morgan fingerprint density at radius 1 is 1.44 bits per heavy atom. The number of rotatable bonds is 7. The third-order valence-corrected chi connectivity index (χ3v) is 3.32. The van der Waals surface area contributed by atoms with Gasteiger partial charge in [-0.3, -0.25) is 4.79 Å². The third-order valence-electron chi connectivity index (χ3n) is 3.32. The Labute approximate surface area is 111 Å². The van der Waals surface area contributed by atoms with Crippen LogP contribution in [0.25, 0.3) is 0 Å². The summed E-state index contributed by atoms with van der Waals surface area (Å²) in [6.07, 6.45) is 4.12. The SMILES string of the molecule is CC(C)COCCCNC(=O)C1(C)CCCCN1. The average Bonchev–Trinajstić information content (AvgIpc) is 2.34. The fourth-order valence-corrected chi connectivity index (χ4v) is 2.14. The first-order valence-electron chi connectivity index (χ1n) is 7.16. The molecular formula is C14H28N2O2. The van der Waals surface area contributed by atoms with Crippen LogP contribution in [0.2, 0.25) is 0 Å².